The standard InChI is InChI=1S/C18H22N2O4S2/c1-13-6-7-14(2)18(11-13)26(23,24)19-16-8-9-17-15(12-16)5-4-10-20(17)25(3,21)22/h6-9,11-12,19H,4-5,10H2,1-3H3. The average molecular weight is 395 g/mol. The molecule has 0 unspecified atom stereocenters. The molecule has 1 aliphatic heterocycles. The lowest BCUT2D eigenvalue weighted by atomic mass is 10.0. The molecule has 0 saturated carbocycles. The van der Waals surface area contributed by atoms with Crippen molar-refractivity contribution in [1.29, 1.82) is 0 Å². The van der Waals surface area contributed by atoms with Crippen molar-refractivity contribution < 1.29 is 16.8 Å². The molecule has 1 heterocycles. The molecule has 140 valence electrons. The van der Waals surface area contributed by atoms with Crippen LogP contribution in [0.2, 0.25) is 0 Å². The van der Waals surface area contributed by atoms with Gasteiger partial charge in [-0.2, -0.15) is 0 Å². The normalized spacial score (nSPS) is 14.8. The number of anilines is 2. The Balaban J connectivity index is 1.96. The SMILES string of the molecule is Cc1ccc(C)c(S(=O)(=O)Nc2ccc3c(c2)CCCN3S(C)(=O)=O)c1. The van der Waals surface area contributed by atoms with Gasteiger partial charge in [-0.25, -0.2) is 16.8 Å². The zero-order valence-electron chi connectivity index (χ0n) is 15.0. The number of sulfonamides is 2. The third-order valence-corrected chi connectivity index (χ3v) is 7.14. The van der Waals surface area contributed by atoms with Crippen molar-refractivity contribution in [3.63, 3.8) is 0 Å². The van der Waals surface area contributed by atoms with Gasteiger partial charge in [0, 0.05) is 12.2 Å². The van der Waals surface area contributed by atoms with E-state index in [2.05, 4.69) is 4.72 Å². The molecule has 0 saturated heterocycles. The first-order valence-corrected chi connectivity index (χ1v) is 11.6. The van der Waals surface area contributed by atoms with Gasteiger partial charge in [0.05, 0.1) is 16.8 Å². The minimum absolute atomic E-state index is 0.244. The molecule has 0 aliphatic carbocycles. The van der Waals surface area contributed by atoms with Crippen LogP contribution in [0.5, 0.6) is 0 Å². The maximum Gasteiger partial charge on any atom is 0.262 e. The minimum Gasteiger partial charge on any atom is -0.280 e. The fourth-order valence-electron chi connectivity index (χ4n) is 3.18. The second-order valence-electron chi connectivity index (χ2n) is 6.66. The van der Waals surface area contributed by atoms with Crippen LogP contribution in [0.15, 0.2) is 41.3 Å². The number of aryl methyl sites for hydroxylation is 3. The van der Waals surface area contributed by atoms with Crippen LogP contribution in [-0.2, 0) is 26.5 Å². The van der Waals surface area contributed by atoms with E-state index in [-0.39, 0.29) is 4.90 Å². The van der Waals surface area contributed by atoms with E-state index in [4.69, 9.17) is 0 Å². The quantitative estimate of drug-likeness (QED) is 0.864. The monoisotopic (exact) mass is 394 g/mol. The summed E-state index contributed by atoms with van der Waals surface area (Å²) >= 11 is 0. The summed E-state index contributed by atoms with van der Waals surface area (Å²) in [5, 5.41) is 0. The van der Waals surface area contributed by atoms with Crippen molar-refractivity contribution in [2.24, 2.45) is 0 Å². The highest BCUT2D eigenvalue weighted by atomic mass is 32.2. The molecule has 8 heteroatoms. The Bertz CT molecular complexity index is 1060. The van der Waals surface area contributed by atoms with Gasteiger partial charge in [0.2, 0.25) is 10.0 Å². The van der Waals surface area contributed by atoms with Crippen LogP contribution >= 0.6 is 0 Å². The number of rotatable bonds is 4. The molecule has 3 rings (SSSR count). The van der Waals surface area contributed by atoms with Gasteiger partial charge in [-0.3, -0.25) is 9.03 Å². The molecule has 6 nitrogen and oxygen atoms in total. The molecule has 2 aromatic rings. The van der Waals surface area contributed by atoms with Crippen LogP contribution in [-0.4, -0.2) is 29.6 Å². The lowest BCUT2D eigenvalue weighted by Crippen LogP contribution is -2.34. The molecular formula is C18H22N2O4S2. The van der Waals surface area contributed by atoms with Gasteiger partial charge < -0.3 is 0 Å². The first kappa shape index (κ1) is 18.7. The van der Waals surface area contributed by atoms with Crippen LogP contribution in [0, 0.1) is 13.8 Å². The zero-order chi connectivity index (χ0) is 19.1. The highest BCUT2D eigenvalue weighted by molar-refractivity contribution is 7.92. The predicted molar refractivity (Wildman–Crippen MR) is 104 cm³/mol. The van der Waals surface area contributed by atoms with Gasteiger partial charge in [0.15, 0.2) is 0 Å². The van der Waals surface area contributed by atoms with E-state index in [1.54, 1.807) is 37.3 Å². The topological polar surface area (TPSA) is 83.6 Å². The van der Waals surface area contributed by atoms with E-state index in [0.717, 1.165) is 11.1 Å². The summed E-state index contributed by atoms with van der Waals surface area (Å²) in [6.45, 7) is 4.04. The van der Waals surface area contributed by atoms with Crippen molar-refractivity contribution in [3.05, 3.63) is 53.1 Å². The molecule has 0 radical (unpaired) electrons. The summed E-state index contributed by atoms with van der Waals surface area (Å²) in [6.07, 6.45) is 2.59. The van der Waals surface area contributed by atoms with E-state index in [9.17, 15) is 16.8 Å². The van der Waals surface area contributed by atoms with Gasteiger partial charge in [0.1, 0.15) is 0 Å². The Morgan fingerprint density at radius 1 is 1.00 bits per heavy atom. The third kappa shape index (κ3) is 3.71. The smallest absolute Gasteiger partial charge is 0.262 e. The second-order valence-corrected chi connectivity index (χ2v) is 10.2. The number of nitrogens with zero attached hydrogens (tertiary/aromatic N) is 1. The molecule has 0 aromatic heterocycles. The highest BCUT2D eigenvalue weighted by Crippen LogP contribution is 2.32. The van der Waals surface area contributed by atoms with Crippen LogP contribution in [0.3, 0.4) is 0 Å². The first-order chi connectivity index (χ1) is 12.1. The summed E-state index contributed by atoms with van der Waals surface area (Å²) in [5.74, 6) is 0. The number of nitrogens with one attached hydrogen (secondary N) is 1. The largest absolute Gasteiger partial charge is 0.280 e. The first-order valence-electron chi connectivity index (χ1n) is 8.29. The molecule has 0 amide bonds. The Hall–Kier alpha value is -2.06. The zero-order valence-corrected chi connectivity index (χ0v) is 16.6. The number of fused-ring (bicyclic) bond motifs is 1. The van der Waals surface area contributed by atoms with E-state index in [0.29, 0.717) is 36.3 Å². The van der Waals surface area contributed by atoms with Gasteiger partial charge in [-0.1, -0.05) is 12.1 Å². The maximum atomic E-state index is 12.7. The number of benzene rings is 2. The molecule has 1 N–H and O–H groups in total. The van der Waals surface area contributed by atoms with E-state index in [1.807, 2.05) is 13.0 Å². The van der Waals surface area contributed by atoms with Crippen LogP contribution in [0.1, 0.15) is 23.1 Å². The molecule has 0 spiro atoms. The lowest BCUT2D eigenvalue weighted by molar-refractivity contribution is 0.592. The molecule has 0 fully saturated rings. The highest BCUT2D eigenvalue weighted by Gasteiger charge is 2.25. The van der Waals surface area contributed by atoms with E-state index in [1.165, 1.54) is 10.6 Å². The maximum absolute atomic E-state index is 12.7. The van der Waals surface area contributed by atoms with Crippen LogP contribution in [0.25, 0.3) is 0 Å². The Kier molecular flexibility index (Phi) is 4.74. The Labute approximate surface area is 155 Å². The Morgan fingerprint density at radius 3 is 2.42 bits per heavy atom. The fraction of sp³-hybridized carbons (Fsp3) is 0.333. The molecule has 0 atom stereocenters. The van der Waals surface area contributed by atoms with Crippen molar-refractivity contribution in [2.75, 3.05) is 21.8 Å². The van der Waals surface area contributed by atoms with Crippen molar-refractivity contribution >= 4 is 31.4 Å². The lowest BCUT2D eigenvalue weighted by Gasteiger charge is -2.29. The van der Waals surface area contributed by atoms with E-state index < -0.39 is 20.0 Å². The predicted octanol–water partition coefficient (Wildman–Crippen LogP) is 2.82. The Morgan fingerprint density at radius 2 is 1.73 bits per heavy atom. The summed E-state index contributed by atoms with van der Waals surface area (Å²) in [6, 6.07) is 10.3. The van der Waals surface area contributed by atoms with E-state index >= 15 is 0 Å². The van der Waals surface area contributed by atoms with Gasteiger partial charge in [-0.05, 0) is 67.6 Å². The van der Waals surface area contributed by atoms with Gasteiger partial charge in [-0.15, -0.1) is 0 Å². The molecule has 2 aromatic carbocycles. The fourth-order valence-corrected chi connectivity index (χ4v) is 5.55. The minimum atomic E-state index is -3.72. The summed E-state index contributed by atoms with van der Waals surface area (Å²) in [7, 11) is -7.06. The summed E-state index contributed by atoms with van der Waals surface area (Å²) in [5.41, 5.74) is 3.41. The molecule has 26 heavy (non-hydrogen) atoms. The summed E-state index contributed by atoms with van der Waals surface area (Å²) < 4.78 is 53.3. The molecule has 1 aliphatic rings. The number of hydrogen-bond acceptors (Lipinski definition) is 4. The molecular weight excluding hydrogens is 372 g/mol. The average Bonchev–Trinajstić information content (AvgIpc) is 2.55. The van der Waals surface area contributed by atoms with Crippen molar-refractivity contribution in [2.45, 2.75) is 31.6 Å². The number of hydrogen-bond donors (Lipinski definition) is 1. The van der Waals surface area contributed by atoms with Crippen LogP contribution in [0.4, 0.5) is 11.4 Å². The van der Waals surface area contributed by atoms with Crippen molar-refractivity contribution in [1.82, 2.24) is 0 Å². The second kappa shape index (κ2) is 6.59. The van der Waals surface area contributed by atoms with Crippen molar-refractivity contribution in [3.8, 4) is 0 Å². The van der Waals surface area contributed by atoms with Gasteiger partial charge in [0.25, 0.3) is 10.0 Å². The van der Waals surface area contributed by atoms with Crippen LogP contribution < -0.4 is 9.03 Å². The van der Waals surface area contributed by atoms with Gasteiger partial charge >= 0.3 is 0 Å². The summed E-state index contributed by atoms with van der Waals surface area (Å²) in [4.78, 5) is 0.244. The molecule has 0 bridgehead atoms. The third-order valence-electron chi connectivity index (χ3n) is 4.44.